The van der Waals surface area contributed by atoms with Crippen LogP contribution in [0.4, 0.5) is 8.78 Å². The molecule has 1 unspecified atom stereocenters. The van der Waals surface area contributed by atoms with Crippen molar-refractivity contribution in [2.75, 3.05) is 7.11 Å². The van der Waals surface area contributed by atoms with Crippen molar-refractivity contribution >= 4 is 16.9 Å². The van der Waals surface area contributed by atoms with E-state index < -0.39 is 18.3 Å². The van der Waals surface area contributed by atoms with E-state index in [0.717, 1.165) is 10.9 Å². The van der Waals surface area contributed by atoms with Gasteiger partial charge in [0, 0.05) is 17.1 Å². The van der Waals surface area contributed by atoms with Gasteiger partial charge in [0.25, 0.3) is 0 Å². The SMILES string of the molecule is COC(=O)c1ccc(C(c2c[nH]c3ccccc23)C(F)F)cc1. The number of fused-ring (bicyclic) bond motifs is 1. The number of aromatic amines is 1. The highest BCUT2D eigenvalue weighted by Crippen LogP contribution is 2.35. The van der Waals surface area contributed by atoms with E-state index in [0.29, 0.717) is 16.7 Å². The van der Waals surface area contributed by atoms with E-state index in [1.54, 1.807) is 18.3 Å². The Morgan fingerprint density at radius 2 is 1.78 bits per heavy atom. The van der Waals surface area contributed by atoms with E-state index in [1.165, 1.54) is 19.2 Å². The van der Waals surface area contributed by atoms with Gasteiger partial charge in [0.2, 0.25) is 6.43 Å². The van der Waals surface area contributed by atoms with Gasteiger partial charge in [-0.2, -0.15) is 0 Å². The molecule has 1 aromatic heterocycles. The minimum Gasteiger partial charge on any atom is -0.465 e. The second-order valence-corrected chi connectivity index (χ2v) is 5.22. The lowest BCUT2D eigenvalue weighted by atomic mass is 9.91. The Kier molecular flexibility index (Phi) is 4.10. The highest BCUT2D eigenvalue weighted by Gasteiger charge is 2.27. The first kappa shape index (κ1) is 15.2. The first-order valence-electron chi connectivity index (χ1n) is 7.14. The molecule has 0 spiro atoms. The molecule has 23 heavy (non-hydrogen) atoms. The number of carbonyl (C=O) groups is 1. The standard InChI is InChI=1S/C18H15F2NO2/c1-23-18(22)12-8-6-11(7-9-12)16(17(19)20)14-10-21-15-5-3-2-4-13(14)15/h2-10,16-17,21H,1H3. The maximum absolute atomic E-state index is 13.7. The summed E-state index contributed by atoms with van der Waals surface area (Å²) >= 11 is 0. The van der Waals surface area contributed by atoms with Crippen LogP contribution in [0.25, 0.3) is 10.9 Å². The second kappa shape index (κ2) is 6.20. The number of hydrogen-bond acceptors (Lipinski definition) is 2. The summed E-state index contributed by atoms with van der Waals surface area (Å²) < 4.78 is 32.0. The molecule has 0 bridgehead atoms. The third-order valence-electron chi connectivity index (χ3n) is 3.90. The quantitative estimate of drug-likeness (QED) is 0.727. The van der Waals surface area contributed by atoms with E-state index in [-0.39, 0.29) is 0 Å². The van der Waals surface area contributed by atoms with E-state index in [1.807, 2.05) is 24.3 Å². The number of esters is 1. The first-order chi connectivity index (χ1) is 11.1. The Bertz CT molecular complexity index is 824. The Hall–Kier alpha value is -2.69. The molecule has 3 aromatic rings. The summed E-state index contributed by atoms with van der Waals surface area (Å²) in [6, 6.07) is 13.4. The van der Waals surface area contributed by atoms with Gasteiger partial charge in [-0.05, 0) is 29.3 Å². The van der Waals surface area contributed by atoms with Crippen LogP contribution < -0.4 is 0 Å². The van der Waals surface area contributed by atoms with Crippen LogP contribution in [0.1, 0.15) is 27.4 Å². The van der Waals surface area contributed by atoms with Crippen molar-refractivity contribution in [3.8, 4) is 0 Å². The lowest BCUT2D eigenvalue weighted by Gasteiger charge is -2.16. The summed E-state index contributed by atoms with van der Waals surface area (Å²) in [5.41, 5.74) is 2.15. The molecule has 3 rings (SSSR count). The molecule has 0 fully saturated rings. The van der Waals surface area contributed by atoms with Crippen molar-refractivity contribution in [2.45, 2.75) is 12.3 Å². The number of nitrogens with one attached hydrogen (secondary N) is 1. The highest BCUT2D eigenvalue weighted by atomic mass is 19.3. The number of halogens is 2. The molecule has 0 saturated carbocycles. The molecular weight excluding hydrogens is 300 g/mol. The molecule has 3 nitrogen and oxygen atoms in total. The number of aromatic nitrogens is 1. The smallest absolute Gasteiger partial charge is 0.337 e. The maximum Gasteiger partial charge on any atom is 0.337 e. The number of H-pyrrole nitrogens is 1. The minimum absolute atomic E-state index is 0.336. The Morgan fingerprint density at radius 3 is 2.43 bits per heavy atom. The van der Waals surface area contributed by atoms with Crippen LogP contribution in [0, 0.1) is 0 Å². The summed E-state index contributed by atoms with van der Waals surface area (Å²) in [6.45, 7) is 0. The lowest BCUT2D eigenvalue weighted by Crippen LogP contribution is -2.11. The Morgan fingerprint density at radius 1 is 1.09 bits per heavy atom. The van der Waals surface area contributed by atoms with Crippen molar-refractivity contribution < 1.29 is 18.3 Å². The van der Waals surface area contributed by atoms with Crippen LogP contribution in [0.15, 0.2) is 54.7 Å². The second-order valence-electron chi connectivity index (χ2n) is 5.22. The van der Waals surface area contributed by atoms with Gasteiger partial charge in [0.05, 0.1) is 18.6 Å². The number of methoxy groups -OCH3 is 1. The van der Waals surface area contributed by atoms with Crippen molar-refractivity contribution in [3.05, 3.63) is 71.4 Å². The minimum atomic E-state index is -2.56. The summed E-state index contributed by atoms with van der Waals surface area (Å²) in [7, 11) is 1.28. The number of ether oxygens (including phenoxy) is 1. The summed E-state index contributed by atoms with van der Waals surface area (Å²) in [4.78, 5) is 14.5. The van der Waals surface area contributed by atoms with Crippen molar-refractivity contribution in [2.24, 2.45) is 0 Å². The summed E-state index contributed by atoms with van der Waals surface area (Å²) in [6.07, 6.45) is -0.936. The van der Waals surface area contributed by atoms with Gasteiger partial charge in [-0.1, -0.05) is 30.3 Å². The predicted octanol–water partition coefficient (Wildman–Crippen LogP) is 4.35. The van der Waals surface area contributed by atoms with Crippen molar-refractivity contribution in [3.63, 3.8) is 0 Å². The average molecular weight is 315 g/mol. The fourth-order valence-corrected chi connectivity index (χ4v) is 2.76. The molecule has 118 valence electrons. The van der Waals surface area contributed by atoms with E-state index in [9.17, 15) is 13.6 Å². The normalized spacial score (nSPS) is 12.5. The molecule has 1 atom stereocenters. The molecule has 2 aromatic carbocycles. The third kappa shape index (κ3) is 2.82. The number of rotatable bonds is 4. The molecular formula is C18H15F2NO2. The van der Waals surface area contributed by atoms with E-state index in [4.69, 9.17) is 0 Å². The molecule has 0 amide bonds. The Balaban J connectivity index is 2.04. The molecule has 0 aliphatic carbocycles. The monoisotopic (exact) mass is 315 g/mol. The number of alkyl halides is 2. The van der Waals surface area contributed by atoms with Crippen LogP contribution in [0.3, 0.4) is 0 Å². The van der Waals surface area contributed by atoms with Gasteiger partial charge >= 0.3 is 5.97 Å². The first-order valence-corrected chi connectivity index (χ1v) is 7.14. The van der Waals surface area contributed by atoms with Gasteiger partial charge in [-0.15, -0.1) is 0 Å². The van der Waals surface area contributed by atoms with Gasteiger partial charge in [0.1, 0.15) is 0 Å². The van der Waals surface area contributed by atoms with Crippen LogP contribution in [0.2, 0.25) is 0 Å². The molecule has 0 radical (unpaired) electrons. The summed E-state index contributed by atoms with van der Waals surface area (Å²) in [5.74, 6) is -1.55. The van der Waals surface area contributed by atoms with Crippen LogP contribution in [-0.4, -0.2) is 24.5 Å². The molecule has 0 aliphatic heterocycles. The fourth-order valence-electron chi connectivity index (χ4n) is 2.76. The van der Waals surface area contributed by atoms with Gasteiger partial charge in [-0.3, -0.25) is 0 Å². The molecule has 1 heterocycles. The average Bonchev–Trinajstić information content (AvgIpc) is 2.99. The van der Waals surface area contributed by atoms with E-state index >= 15 is 0 Å². The number of hydrogen-bond donors (Lipinski definition) is 1. The van der Waals surface area contributed by atoms with E-state index in [2.05, 4.69) is 9.72 Å². The topological polar surface area (TPSA) is 42.1 Å². The fraction of sp³-hybridized carbons (Fsp3) is 0.167. The van der Waals surface area contributed by atoms with Gasteiger partial charge < -0.3 is 9.72 Å². The molecule has 5 heteroatoms. The summed E-state index contributed by atoms with van der Waals surface area (Å²) in [5, 5.41) is 0.773. The van der Waals surface area contributed by atoms with Gasteiger partial charge in [0.15, 0.2) is 0 Å². The van der Waals surface area contributed by atoms with Gasteiger partial charge in [-0.25, -0.2) is 13.6 Å². The van der Waals surface area contributed by atoms with Crippen LogP contribution >= 0.6 is 0 Å². The molecule has 1 N–H and O–H groups in total. The predicted molar refractivity (Wildman–Crippen MR) is 83.9 cm³/mol. The van der Waals surface area contributed by atoms with Crippen molar-refractivity contribution in [1.82, 2.24) is 4.98 Å². The highest BCUT2D eigenvalue weighted by molar-refractivity contribution is 5.89. The molecule has 0 aliphatic rings. The van der Waals surface area contributed by atoms with Crippen molar-refractivity contribution in [1.29, 1.82) is 0 Å². The molecule has 0 saturated heterocycles. The van der Waals surface area contributed by atoms with Crippen LogP contribution in [-0.2, 0) is 4.74 Å². The number of benzene rings is 2. The number of carbonyl (C=O) groups excluding carboxylic acids is 1. The zero-order chi connectivity index (χ0) is 16.4. The maximum atomic E-state index is 13.7. The van der Waals surface area contributed by atoms with Crippen LogP contribution in [0.5, 0.6) is 0 Å². The lowest BCUT2D eigenvalue weighted by molar-refractivity contribution is 0.0600. The third-order valence-corrected chi connectivity index (χ3v) is 3.90. The largest absolute Gasteiger partial charge is 0.465 e. The zero-order valence-corrected chi connectivity index (χ0v) is 12.4. The number of para-hydroxylation sites is 1. The Labute approximate surface area is 131 Å². The zero-order valence-electron chi connectivity index (χ0n) is 12.4.